The summed E-state index contributed by atoms with van der Waals surface area (Å²) in [4.78, 5) is 2.38. The van der Waals surface area contributed by atoms with Crippen molar-refractivity contribution in [2.45, 2.75) is 38.8 Å². The number of hydrogen-bond acceptors (Lipinski definition) is 2. The van der Waals surface area contributed by atoms with Gasteiger partial charge in [0, 0.05) is 13.1 Å². The number of rotatable bonds is 13. The second-order valence-corrected chi connectivity index (χ2v) is 7.72. The Bertz CT molecular complexity index is 859. The topological polar surface area (TPSA) is 12.5 Å². The molecule has 3 aromatic rings. The molecule has 0 fully saturated rings. The van der Waals surface area contributed by atoms with Crippen molar-refractivity contribution in [1.29, 1.82) is 0 Å². The van der Waals surface area contributed by atoms with Crippen molar-refractivity contribution in [3.05, 3.63) is 127 Å². The third-order valence-electron chi connectivity index (χ3n) is 5.12. The molecule has 0 atom stereocenters. The Balaban J connectivity index is 1.51. The normalized spacial score (nSPS) is 10.8. The van der Waals surface area contributed by atoms with Gasteiger partial charge in [-0.25, -0.2) is 0 Å². The average Bonchev–Trinajstić information content (AvgIpc) is 2.82. The van der Waals surface area contributed by atoms with Gasteiger partial charge in [-0.2, -0.15) is 0 Å². The highest BCUT2D eigenvalue weighted by Crippen LogP contribution is 2.15. The fourth-order valence-corrected chi connectivity index (χ4v) is 3.44. The summed E-state index contributed by atoms with van der Waals surface area (Å²) < 4.78 is 5.76. The third kappa shape index (κ3) is 8.55. The van der Waals surface area contributed by atoms with Gasteiger partial charge in [0.05, 0.1) is 6.61 Å². The molecule has 0 aliphatic heterocycles. The molecule has 0 aliphatic carbocycles. The molecule has 0 saturated carbocycles. The van der Waals surface area contributed by atoms with Crippen molar-refractivity contribution in [2.75, 3.05) is 6.61 Å². The highest BCUT2D eigenvalue weighted by molar-refractivity contribution is 5.27. The van der Waals surface area contributed by atoms with Crippen LogP contribution in [-0.2, 0) is 19.5 Å². The van der Waals surface area contributed by atoms with E-state index < -0.39 is 0 Å². The minimum absolute atomic E-state index is 0.743. The number of unbranched alkanes of at least 4 members (excludes halogenated alkanes) is 1. The lowest BCUT2D eigenvalue weighted by Crippen LogP contribution is -2.16. The first-order valence-corrected chi connectivity index (χ1v) is 11.1. The summed E-state index contributed by atoms with van der Waals surface area (Å²) in [5.41, 5.74) is 3.99. The zero-order valence-electron chi connectivity index (χ0n) is 18.3. The van der Waals surface area contributed by atoms with Gasteiger partial charge in [-0.15, -0.1) is 6.58 Å². The van der Waals surface area contributed by atoms with Crippen LogP contribution in [0.2, 0.25) is 0 Å². The minimum atomic E-state index is 0.743. The van der Waals surface area contributed by atoms with E-state index in [4.69, 9.17) is 4.74 Å². The second-order valence-electron chi connectivity index (χ2n) is 7.72. The van der Waals surface area contributed by atoms with E-state index in [0.717, 1.165) is 51.1 Å². The van der Waals surface area contributed by atoms with Crippen LogP contribution in [0.15, 0.2) is 110 Å². The first-order chi connectivity index (χ1) is 15.3. The number of nitrogens with zero attached hydrogens (tertiary/aromatic N) is 1. The van der Waals surface area contributed by atoms with Crippen molar-refractivity contribution in [1.82, 2.24) is 4.90 Å². The first-order valence-electron chi connectivity index (χ1n) is 11.1. The fourth-order valence-electron chi connectivity index (χ4n) is 3.44. The third-order valence-corrected chi connectivity index (χ3v) is 5.12. The molecule has 3 rings (SSSR count). The van der Waals surface area contributed by atoms with Crippen molar-refractivity contribution in [3.63, 3.8) is 0 Å². The van der Waals surface area contributed by atoms with E-state index in [-0.39, 0.29) is 0 Å². The van der Waals surface area contributed by atoms with Crippen molar-refractivity contribution in [3.8, 4) is 5.75 Å². The largest absolute Gasteiger partial charge is 0.494 e. The SMILES string of the molecule is C=CCCCOc1ccc(CC/C=C\N(Cc2ccccc2)Cc2ccccc2)cc1. The lowest BCUT2D eigenvalue weighted by atomic mass is 10.1. The molecule has 3 aromatic carbocycles. The highest BCUT2D eigenvalue weighted by atomic mass is 16.5. The van der Waals surface area contributed by atoms with Crippen LogP contribution >= 0.6 is 0 Å². The summed E-state index contributed by atoms with van der Waals surface area (Å²) in [6, 6.07) is 29.8. The molecule has 2 nitrogen and oxygen atoms in total. The Hall–Kier alpha value is -3.26. The van der Waals surface area contributed by atoms with Crippen LogP contribution in [0.4, 0.5) is 0 Å². The number of ether oxygens (including phenoxy) is 1. The average molecular weight is 412 g/mol. The Kier molecular flexibility index (Phi) is 9.49. The molecule has 160 valence electrons. The van der Waals surface area contributed by atoms with Gasteiger partial charge in [-0.3, -0.25) is 0 Å². The summed E-state index contributed by atoms with van der Waals surface area (Å²) in [6.07, 6.45) is 10.5. The van der Waals surface area contributed by atoms with Gasteiger partial charge in [0.1, 0.15) is 5.75 Å². The monoisotopic (exact) mass is 411 g/mol. The molecule has 0 saturated heterocycles. The van der Waals surface area contributed by atoms with Crippen LogP contribution in [0.5, 0.6) is 5.75 Å². The molecule has 2 heteroatoms. The van der Waals surface area contributed by atoms with Gasteiger partial charge in [0.25, 0.3) is 0 Å². The second kappa shape index (κ2) is 13.1. The van der Waals surface area contributed by atoms with Gasteiger partial charge in [0.2, 0.25) is 0 Å². The van der Waals surface area contributed by atoms with Crippen LogP contribution in [0.25, 0.3) is 0 Å². The predicted octanol–water partition coefficient (Wildman–Crippen LogP) is 7.18. The molecule has 0 heterocycles. The van der Waals surface area contributed by atoms with E-state index in [1.54, 1.807) is 0 Å². The molecule has 0 N–H and O–H groups in total. The fraction of sp³-hybridized carbons (Fsp3) is 0.241. The number of benzene rings is 3. The summed E-state index contributed by atoms with van der Waals surface area (Å²) in [7, 11) is 0. The van der Waals surface area contributed by atoms with Crippen LogP contribution in [0.3, 0.4) is 0 Å². The maximum absolute atomic E-state index is 5.76. The van der Waals surface area contributed by atoms with Gasteiger partial charge >= 0.3 is 0 Å². The van der Waals surface area contributed by atoms with Gasteiger partial charge in [-0.05, 0) is 60.7 Å². The summed E-state index contributed by atoms with van der Waals surface area (Å²) in [5.74, 6) is 0.945. The van der Waals surface area contributed by atoms with E-state index in [1.165, 1.54) is 16.7 Å². The quantitative estimate of drug-likeness (QED) is 0.218. The van der Waals surface area contributed by atoms with Crippen LogP contribution < -0.4 is 4.74 Å². The van der Waals surface area contributed by atoms with Gasteiger partial charge in [0.15, 0.2) is 0 Å². The van der Waals surface area contributed by atoms with Gasteiger partial charge < -0.3 is 9.64 Å². The molecule has 0 unspecified atom stereocenters. The summed E-state index contributed by atoms with van der Waals surface area (Å²) >= 11 is 0. The zero-order valence-corrected chi connectivity index (χ0v) is 18.3. The highest BCUT2D eigenvalue weighted by Gasteiger charge is 2.03. The Morgan fingerprint density at radius 1 is 0.710 bits per heavy atom. The van der Waals surface area contributed by atoms with Crippen LogP contribution in [-0.4, -0.2) is 11.5 Å². The standard InChI is InChI=1S/C29H33NO/c1-2-3-12-23-31-29-20-18-26(19-21-29)13-10-11-22-30(24-27-14-6-4-7-15-27)25-28-16-8-5-9-17-28/h2,4-9,11,14-22H,1,3,10,12-13,23-25H2/b22-11-. The molecule has 0 aromatic heterocycles. The number of allylic oxidation sites excluding steroid dienone is 2. The summed E-state index contributed by atoms with van der Waals surface area (Å²) in [5, 5.41) is 0. The molecular formula is C29H33NO. The predicted molar refractivity (Wildman–Crippen MR) is 131 cm³/mol. The van der Waals surface area contributed by atoms with Crippen LogP contribution in [0, 0.1) is 0 Å². The Labute approximate surface area is 187 Å². The molecule has 0 aliphatic rings. The lowest BCUT2D eigenvalue weighted by molar-refractivity contribution is 0.312. The lowest BCUT2D eigenvalue weighted by Gasteiger charge is -2.21. The van der Waals surface area contributed by atoms with Gasteiger partial charge in [-0.1, -0.05) is 84.9 Å². The van der Waals surface area contributed by atoms with E-state index in [1.807, 2.05) is 6.08 Å². The molecule has 0 spiro atoms. The van der Waals surface area contributed by atoms with Crippen molar-refractivity contribution in [2.24, 2.45) is 0 Å². The Morgan fingerprint density at radius 3 is 1.90 bits per heavy atom. The zero-order chi connectivity index (χ0) is 21.6. The van der Waals surface area contributed by atoms with E-state index in [9.17, 15) is 0 Å². The van der Waals surface area contributed by atoms with E-state index >= 15 is 0 Å². The molecule has 0 bridgehead atoms. The Morgan fingerprint density at radius 2 is 1.32 bits per heavy atom. The van der Waals surface area contributed by atoms with Crippen molar-refractivity contribution < 1.29 is 4.74 Å². The smallest absolute Gasteiger partial charge is 0.119 e. The maximum Gasteiger partial charge on any atom is 0.119 e. The van der Waals surface area contributed by atoms with E-state index in [2.05, 4.69) is 109 Å². The first kappa shape index (κ1) is 22.4. The maximum atomic E-state index is 5.76. The van der Waals surface area contributed by atoms with Crippen molar-refractivity contribution >= 4 is 0 Å². The molecular weight excluding hydrogens is 378 g/mol. The minimum Gasteiger partial charge on any atom is -0.494 e. The summed E-state index contributed by atoms with van der Waals surface area (Å²) in [6.45, 7) is 6.30. The number of hydrogen-bond donors (Lipinski definition) is 0. The molecule has 0 amide bonds. The van der Waals surface area contributed by atoms with E-state index in [0.29, 0.717) is 0 Å². The number of aryl methyl sites for hydroxylation is 1. The molecule has 31 heavy (non-hydrogen) atoms. The molecule has 0 radical (unpaired) electrons. The van der Waals surface area contributed by atoms with Crippen LogP contribution in [0.1, 0.15) is 36.0 Å².